The minimum absolute atomic E-state index is 0.0519. The number of hydrogen-bond acceptors (Lipinski definition) is 8. The number of hydrogen-bond donors (Lipinski definition) is 0. The van der Waals surface area contributed by atoms with Gasteiger partial charge in [0.1, 0.15) is 0 Å². The summed E-state index contributed by atoms with van der Waals surface area (Å²) in [5, 5.41) is 0. The minimum atomic E-state index is -4.91. The lowest BCUT2D eigenvalue weighted by atomic mass is 10.1. The van der Waals surface area contributed by atoms with Gasteiger partial charge in [-0.25, -0.2) is 0 Å². The summed E-state index contributed by atoms with van der Waals surface area (Å²) in [7, 11) is -4.91. The molecule has 472 valence electrons. The van der Waals surface area contributed by atoms with E-state index in [4.69, 9.17) is 17.7 Å². The normalized spacial score (nSPS) is 12.6. The van der Waals surface area contributed by atoms with Gasteiger partial charge in [0.15, 0.2) is 0 Å². The zero-order valence-electron chi connectivity index (χ0n) is 54.0. The highest BCUT2D eigenvalue weighted by atomic mass is 28.4. The molecule has 0 atom stereocenters. The highest BCUT2D eigenvalue weighted by Crippen LogP contribution is 2.22. The maximum absolute atomic E-state index is 13.7. The van der Waals surface area contributed by atoms with E-state index >= 15 is 0 Å². The molecule has 0 aromatic carbocycles. The number of rotatable bonds is 64. The van der Waals surface area contributed by atoms with Crippen LogP contribution in [0.4, 0.5) is 0 Å². The van der Waals surface area contributed by atoms with E-state index in [0.717, 1.165) is 154 Å². The molecule has 8 nitrogen and oxygen atoms in total. The summed E-state index contributed by atoms with van der Waals surface area (Å²) in [4.78, 5) is 54.7. The first-order chi connectivity index (χ1) is 39.8. The Morgan fingerprint density at radius 2 is 0.346 bits per heavy atom. The molecule has 0 heterocycles. The van der Waals surface area contributed by atoms with Gasteiger partial charge in [-0.1, -0.05) is 282 Å². The topological polar surface area (TPSA) is 105 Å². The molecule has 0 aromatic heterocycles. The van der Waals surface area contributed by atoms with Crippen LogP contribution in [0.1, 0.15) is 387 Å². The van der Waals surface area contributed by atoms with Crippen molar-refractivity contribution < 1.29 is 36.9 Å². The largest absolute Gasteiger partial charge is 0.974 e. The standard InChI is InChI=1S/C72H132O8Si/c1-5-9-13-17-21-25-29-33-37-41-45-49-53-57-61-65-69(73)77-81(78-70(74)66-62-58-54-50-46-42-38-34-30-26-22-18-14-10-6-2,79-71(75)67-63-59-55-51-47-43-39-35-31-27-23-19-15-11-7-3)80-72(76)68-64-60-56-52-48-44-40-36-32-28-24-20-16-12-8-4/h33-40H,5-32,41-68H2,1-4H3. The zero-order chi connectivity index (χ0) is 58.9. The van der Waals surface area contributed by atoms with Gasteiger partial charge in [-0.05, 0) is 128 Å². The highest BCUT2D eigenvalue weighted by molar-refractivity contribution is 6.61. The lowest BCUT2D eigenvalue weighted by Gasteiger charge is -2.25. The predicted octanol–water partition coefficient (Wildman–Crippen LogP) is 23.7. The molecule has 0 aliphatic rings. The molecule has 0 saturated carbocycles. The number of allylic oxidation sites excluding steroid dienone is 8. The predicted molar refractivity (Wildman–Crippen MR) is 348 cm³/mol. The second-order valence-electron chi connectivity index (χ2n) is 23.7. The van der Waals surface area contributed by atoms with Gasteiger partial charge in [0.2, 0.25) is 0 Å². The summed E-state index contributed by atoms with van der Waals surface area (Å²) in [5.41, 5.74) is 0. The molecule has 0 aliphatic carbocycles. The Morgan fingerprint density at radius 1 is 0.210 bits per heavy atom. The third-order valence-corrected chi connectivity index (χ3v) is 17.4. The molecule has 81 heavy (non-hydrogen) atoms. The van der Waals surface area contributed by atoms with Gasteiger partial charge in [0.05, 0.1) is 0 Å². The number of carbonyl (C=O) groups is 4. The van der Waals surface area contributed by atoms with Crippen molar-refractivity contribution in [2.75, 3.05) is 0 Å². The van der Waals surface area contributed by atoms with Crippen molar-refractivity contribution in [1.29, 1.82) is 0 Å². The van der Waals surface area contributed by atoms with Gasteiger partial charge >= 0.3 is 9.05 Å². The van der Waals surface area contributed by atoms with Crippen LogP contribution in [0, 0.1) is 0 Å². The quantitative estimate of drug-likeness (QED) is 0.0337. The Balaban J connectivity index is 5.57. The first kappa shape index (κ1) is 78.1. The van der Waals surface area contributed by atoms with Crippen molar-refractivity contribution in [3.8, 4) is 0 Å². The minimum Gasteiger partial charge on any atom is -0.423 e. The van der Waals surface area contributed by atoms with E-state index in [2.05, 4.69) is 76.3 Å². The van der Waals surface area contributed by atoms with E-state index in [9.17, 15) is 19.2 Å². The van der Waals surface area contributed by atoms with Crippen LogP contribution in [0.15, 0.2) is 48.6 Å². The van der Waals surface area contributed by atoms with Crippen molar-refractivity contribution in [3.63, 3.8) is 0 Å². The SMILES string of the molecule is CCCCCCCCC=CCCCCCCCC(=O)O[Si](OC(=O)CCCCCCCC=CCCCCCCCC)(OC(=O)CCCCCCCC=CCCCCCCCC)OC(=O)CCCCCCCC=CCCCCCCCC. The van der Waals surface area contributed by atoms with Gasteiger partial charge in [-0.2, -0.15) is 0 Å². The molecule has 0 spiro atoms. The summed E-state index contributed by atoms with van der Waals surface area (Å²) in [6.45, 7) is 9.03. The molecule has 0 fully saturated rings. The Labute approximate surface area is 503 Å². The lowest BCUT2D eigenvalue weighted by molar-refractivity contribution is -0.163. The summed E-state index contributed by atoms with van der Waals surface area (Å²) < 4.78 is 23.6. The third-order valence-electron chi connectivity index (χ3n) is 15.5. The average Bonchev–Trinajstić information content (AvgIpc) is 3.45. The Kier molecular flexibility index (Phi) is 62.3. The fraction of sp³-hybridized carbons (Fsp3) is 0.833. The molecule has 0 rings (SSSR count). The van der Waals surface area contributed by atoms with Crippen LogP contribution in [-0.4, -0.2) is 32.9 Å². The van der Waals surface area contributed by atoms with Gasteiger partial charge in [0, 0.05) is 25.7 Å². The van der Waals surface area contributed by atoms with Crippen molar-refractivity contribution in [3.05, 3.63) is 48.6 Å². The van der Waals surface area contributed by atoms with Crippen LogP contribution in [0.25, 0.3) is 0 Å². The fourth-order valence-electron chi connectivity index (χ4n) is 10.2. The maximum Gasteiger partial charge on any atom is 0.974 e. The lowest BCUT2D eigenvalue weighted by Crippen LogP contribution is -2.54. The second-order valence-corrected chi connectivity index (χ2v) is 25.5. The molecule has 0 aliphatic heterocycles. The molecule has 0 amide bonds. The highest BCUT2D eigenvalue weighted by Gasteiger charge is 2.62. The molecular weight excluding hydrogens is 1020 g/mol. The fourth-order valence-corrected chi connectivity index (χ4v) is 12.0. The Hall–Kier alpha value is -2.94. The van der Waals surface area contributed by atoms with Crippen molar-refractivity contribution in [2.45, 2.75) is 387 Å². The van der Waals surface area contributed by atoms with E-state index in [-0.39, 0.29) is 25.7 Å². The molecule has 0 radical (unpaired) electrons. The molecule has 0 saturated heterocycles. The summed E-state index contributed by atoms with van der Waals surface area (Å²) in [6.07, 6.45) is 77.6. The van der Waals surface area contributed by atoms with Gasteiger partial charge in [-0.15, -0.1) is 0 Å². The monoisotopic (exact) mass is 1150 g/mol. The van der Waals surface area contributed by atoms with Crippen molar-refractivity contribution >= 4 is 32.9 Å². The van der Waals surface area contributed by atoms with Crippen LogP contribution in [-0.2, 0) is 36.9 Å². The molecule has 0 unspecified atom stereocenters. The van der Waals surface area contributed by atoms with Gasteiger partial charge in [0.25, 0.3) is 23.9 Å². The molecule has 0 N–H and O–H groups in total. The molecular formula is C72H132O8Si. The first-order valence-electron chi connectivity index (χ1n) is 35.3. The van der Waals surface area contributed by atoms with Gasteiger partial charge in [-0.3, -0.25) is 19.2 Å². The number of unbranched alkanes of at least 4 members (excludes halogenated alkanes) is 44. The second kappa shape index (κ2) is 64.6. The molecule has 0 aromatic rings. The summed E-state index contributed by atoms with van der Waals surface area (Å²) >= 11 is 0. The zero-order valence-corrected chi connectivity index (χ0v) is 55.0. The van der Waals surface area contributed by atoms with E-state index in [1.807, 2.05) is 0 Å². The molecule has 0 bridgehead atoms. The Bertz CT molecular complexity index is 1280. The van der Waals surface area contributed by atoms with Crippen molar-refractivity contribution in [1.82, 2.24) is 0 Å². The van der Waals surface area contributed by atoms with Crippen LogP contribution in [0.2, 0.25) is 0 Å². The van der Waals surface area contributed by atoms with E-state index in [1.54, 1.807) is 0 Å². The third kappa shape index (κ3) is 60.0. The van der Waals surface area contributed by atoms with Crippen LogP contribution < -0.4 is 0 Å². The van der Waals surface area contributed by atoms with E-state index < -0.39 is 32.9 Å². The summed E-state index contributed by atoms with van der Waals surface area (Å²) in [5.74, 6) is -2.68. The summed E-state index contributed by atoms with van der Waals surface area (Å²) in [6, 6.07) is 0. The van der Waals surface area contributed by atoms with Crippen molar-refractivity contribution in [2.24, 2.45) is 0 Å². The molecule has 9 heteroatoms. The number of carbonyl (C=O) groups excluding carboxylic acids is 4. The van der Waals surface area contributed by atoms with E-state index in [1.165, 1.54) is 154 Å². The van der Waals surface area contributed by atoms with Crippen LogP contribution in [0.5, 0.6) is 0 Å². The first-order valence-corrected chi connectivity index (χ1v) is 36.9. The van der Waals surface area contributed by atoms with Gasteiger partial charge < -0.3 is 17.7 Å². The van der Waals surface area contributed by atoms with E-state index in [0.29, 0.717) is 25.7 Å². The van der Waals surface area contributed by atoms with Crippen LogP contribution >= 0.6 is 0 Å². The Morgan fingerprint density at radius 3 is 0.506 bits per heavy atom. The average molecular weight is 1150 g/mol. The van der Waals surface area contributed by atoms with Crippen LogP contribution in [0.3, 0.4) is 0 Å². The smallest absolute Gasteiger partial charge is 0.423 e. The maximum atomic E-state index is 13.7.